The fourth-order valence-electron chi connectivity index (χ4n) is 6.57. The number of nitrogens with zero attached hydrogens (tertiary/aromatic N) is 6. The minimum Gasteiger partial charge on any atom is -0.492 e. The van der Waals surface area contributed by atoms with Crippen molar-refractivity contribution in [2.45, 2.75) is 42.9 Å². The van der Waals surface area contributed by atoms with E-state index in [-0.39, 0.29) is 55.1 Å². The Bertz CT molecular complexity index is 1570. The fraction of sp³-hybridized carbons (Fsp3) is 0.517. The molecule has 232 valence electrons. The van der Waals surface area contributed by atoms with Gasteiger partial charge in [0, 0.05) is 56.8 Å². The molecule has 1 saturated carbocycles. The lowest BCUT2D eigenvalue weighted by atomic mass is 9.71. The van der Waals surface area contributed by atoms with Crippen LogP contribution < -0.4 is 0 Å². The number of benzene rings is 1. The van der Waals surface area contributed by atoms with Gasteiger partial charge in [0.2, 0.25) is 17.7 Å². The van der Waals surface area contributed by atoms with Gasteiger partial charge in [-0.1, -0.05) is 24.3 Å². The normalized spacial score (nSPS) is 24.4. The van der Waals surface area contributed by atoms with Crippen LogP contribution in [0.15, 0.2) is 41.1 Å². The lowest BCUT2D eigenvalue weighted by Gasteiger charge is -2.50. The van der Waals surface area contributed by atoms with Crippen LogP contribution in [0.4, 0.5) is 17.6 Å². The Hall–Kier alpha value is -4.14. The van der Waals surface area contributed by atoms with Gasteiger partial charge in [0.1, 0.15) is 11.6 Å². The standard InChI is InChI=1S/C29H28F4N6O5/c30-28(31)9-19(28)24(41)39-14-27(15-39)13-38(25(42)21-10-35-22(40)11-34-21)12-20(27)23-36-37-26(44-23)29(32,33)18-3-1-16(2-4-18)17-5-7-43-8-6-17/h1-4,10-11,17,19-20H,5-9,12-15H2,(H,35,40)/t19-,20?/m1/s1. The number of hydrogen-bond acceptors (Lipinski definition) is 9. The highest BCUT2D eigenvalue weighted by Gasteiger charge is 2.66. The van der Waals surface area contributed by atoms with E-state index < -0.39 is 53.2 Å². The number of rotatable bonds is 6. The molecule has 7 rings (SSSR count). The van der Waals surface area contributed by atoms with Crippen LogP contribution in [0.25, 0.3) is 0 Å². The predicted molar refractivity (Wildman–Crippen MR) is 141 cm³/mol. The van der Waals surface area contributed by atoms with Crippen molar-refractivity contribution in [1.29, 1.82) is 0 Å². The fourth-order valence-corrected chi connectivity index (χ4v) is 6.57. The summed E-state index contributed by atoms with van der Waals surface area (Å²) in [5.41, 5.74) is -0.323. The number of amides is 2. The molecule has 2 aromatic heterocycles. The summed E-state index contributed by atoms with van der Waals surface area (Å²) in [6, 6.07) is 6.02. The average molecular weight is 617 g/mol. The Morgan fingerprint density at radius 1 is 0.977 bits per heavy atom. The predicted octanol–water partition coefficient (Wildman–Crippen LogP) is 3.32. The first-order chi connectivity index (χ1) is 21.0. The number of carbonyl (C=O) groups excluding carboxylic acids is 2. The largest absolute Gasteiger partial charge is 0.492 e. The first-order valence-electron chi connectivity index (χ1n) is 14.3. The molecule has 1 spiro atoms. The van der Waals surface area contributed by atoms with Crippen molar-refractivity contribution in [1.82, 2.24) is 30.0 Å². The minimum atomic E-state index is -3.61. The van der Waals surface area contributed by atoms with Crippen LogP contribution in [-0.4, -0.2) is 92.2 Å². The smallest absolute Gasteiger partial charge is 0.349 e. The topological polar surface area (TPSA) is 135 Å². The van der Waals surface area contributed by atoms with Crippen molar-refractivity contribution in [3.63, 3.8) is 0 Å². The summed E-state index contributed by atoms with van der Waals surface area (Å²) in [6.45, 7) is 1.30. The number of hydrogen-bond donors (Lipinski definition) is 1. The first-order valence-corrected chi connectivity index (χ1v) is 14.3. The lowest BCUT2D eigenvalue weighted by molar-refractivity contribution is -0.147. The van der Waals surface area contributed by atoms with E-state index in [1.54, 1.807) is 12.1 Å². The third-order valence-corrected chi connectivity index (χ3v) is 9.21. The van der Waals surface area contributed by atoms with Crippen LogP contribution in [0.1, 0.15) is 64.5 Å². The van der Waals surface area contributed by atoms with Crippen molar-refractivity contribution >= 4 is 11.8 Å². The zero-order chi connectivity index (χ0) is 30.9. The summed E-state index contributed by atoms with van der Waals surface area (Å²) in [6.07, 6.45) is 3.23. The molecule has 1 N–H and O–H groups in total. The zero-order valence-electron chi connectivity index (χ0n) is 23.3. The van der Waals surface area contributed by atoms with Gasteiger partial charge < -0.3 is 24.1 Å². The molecule has 5 heterocycles. The second-order valence-corrected chi connectivity index (χ2v) is 12.1. The van der Waals surface area contributed by atoms with E-state index >= 15 is 8.78 Å². The summed E-state index contributed by atoms with van der Waals surface area (Å²) < 4.78 is 69.4. The maximum atomic E-state index is 15.6. The van der Waals surface area contributed by atoms with Gasteiger partial charge in [-0.15, -0.1) is 10.2 Å². The summed E-state index contributed by atoms with van der Waals surface area (Å²) >= 11 is 0. The Morgan fingerprint density at radius 2 is 1.66 bits per heavy atom. The molecule has 0 bridgehead atoms. The number of halogens is 4. The SMILES string of the molecule is O=C(c1cnc(O)cn1)N1CC(c2nnc(C(F)(F)c3ccc(C4CCOCC4)cc3)o2)C2(C1)CN(C(=O)[C@H]1CC1(F)F)C2. The number of aromatic hydroxyl groups is 1. The molecule has 4 aliphatic rings. The van der Waals surface area contributed by atoms with Gasteiger partial charge >= 0.3 is 5.92 Å². The van der Waals surface area contributed by atoms with E-state index in [2.05, 4.69) is 20.2 Å². The highest BCUT2D eigenvalue weighted by molar-refractivity contribution is 5.92. The van der Waals surface area contributed by atoms with Crippen molar-refractivity contribution in [2.75, 3.05) is 39.4 Å². The van der Waals surface area contributed by atoms with Gasteiger partial charge in [-0.2, -0.15) is 8.78 Å². The van der Waals surface area contributed by atoms with Crippen LogP contribution in [0.3, 0.4) is 0 Å². The van der Waals surface area contributed by atoms with Gasteiger partial charge in [-0.3, -0.25) is 9.59 Å². The Morgan fingerprint density at radius 3 is 2.30 bits per heavy atom. The monoisotopic (exact) mass is 616 g/mol. The Labute approximate surface area is 248 Å². The van der Waals surface area contributed by atoms with Crippen LogP contribution in [0.2, 0.25) is 0 Å². The summed E-state index contributed by atoms with van der Waals surface area (Å²) in [5.74, 6) is -11.2. The number of carbonyl (C=O) groups is 2. The molecule has 2 atom stereocenters. The minimum absolute atomic E-state index is 0.00981. The molecule has 11 nitrogen and oxygen atoms in total. The molecule has 2 amide bonds. The third-order valence-electron chi connectivity index (χ3n) is 9.21. The molecule has 1 aromatic carbocycles. The lowest BCUT2D eigenvalue weighted by Crippen LogP contribution is -2.62. The number of aromatic nitrogens is 4. The van der Waals surface area contributed by atoms with E-state index in [0.29, 0.717) is 13.2 Å². The molecule has 3 aliphatic heterocycles. The second-order valence-electron chi connectivity index (χ2n) is 12.1. The van der Waals surface area contributed by atoms with Crippen molar-refractivity contribution in [3.8, 4) is 5.88 Å². The molecular weight excluding hydrogens is 588 g/mol. The first kappa shape index (κ1) is 28.6. The average Bonchev–Trinajstić information content (AvgIpc) is 3.34. The van der Waals surface area contributed by atoms with E-state index in [4.69, 9.17) is 9.15 Å². The summed E-state index contributed by atoms with van der Waals surface area (Å²) in [7, 11) is 0. The molecule has 44 heavy (non-hydrogen) atoms. The summed E-state index contributed by atoms with van der Waals surface area (Å²) in [4.78, 5) is 36.1. The second kappa shape index (κ2) is 10.2. The third kappa shape index (κ3) is 4.86. The zero-order valence-corrected chi connectivity index (χ0v) is 23.3. The molecule has 1 aliphatic carbocycles. The van der Waals surface area contributed by atoms with Gasteiger partial charge in [0.05, 0.1) is 18.3 Å². The van der Waals surface area contributed by atoms with Gasteiger partial charge in [0.15, 0.2) is 0 Å². The molecule has 1 unspecified atom stereocenters. The summed E-state index contributed by atoms with van der Waals surface area (Å²) in [5, 5.41) is 17.1. The van der Waals surface area contributed by atoms with E-state index in [0.717, 1.165) is 30.8 Å². The highest BCUT2D eigenvalue weighted by Crippen LogP contribution is 2.54. The van der Waals surface area contributed by atoms with E-state index in [1.165, 1.54) is 21.9 Å². The van der Waals surface area contributed by atoms with E-state index in [1.807, 2.05) is 0 Å². The Balaban J connectivity index is 1.13. The molecule has 3 saturated heterocycles. The maximum absolute atomic E-state index is 15.6. The number of alkyl halides is 4. The molecule has 0 radical (unpaired) electrons. The molecule has 15 heteroatoms. The van der Waals surface area contributed by atoms with Gasteiger partial charge in [-0.25, -0.2) is 18.7 Å². The van der Waals surface area contributed by atoms with Crippen LogP contribution in [-0.2, 0) is 15.5 Å². The van der Waals surface area contributed by atoms with E-state index in [9.17, 15) is 23.5 Å². The Kier molecular flexibility index (Phi) is 6.64. The quantitative estimate of drug-likeness (QED) is 0.414. The maximum Gasteiger partial charge on any atom is 0.349 e. The highest BCUT2D eigenvalue weighted by atomic mass is 19.3. The van der Waals surface area contributed by atoms with Crippen molar-refractivity contribution < 1.29 is 41.4 Å². The van der Waals surface area contributed by atoms with Crippen LogP contribution >= 0.6 is 0 Å². The van der Waals surface area contributed by atoms with Crippen LogP contribution in [0, 0.1) is 11.3 Å². The van der Waals surface area contributed by atoms with Gasteiger partial charge in [0.25, 0.3) is 17.7 Å². The molecular formula is C29H28F4N6O5. The van der Waals surface area contributed by atoms with Crippen molar-refractivity contribution in [3.05, 3.63) is 65.3 Å². The molecule has 3 aromatic rings. The van der Waals surface area contributed by atoms with Crippen LogP contribution in [0.5, 0.6) is 5.88 Å². The number of likely N-dealkylation sites (tertiary alicyclic amines) is 2. The van der Waals surface area contributed by atoms with Gasteiger partial charge in [-0.05, 0) is 24.3 Å². The van der Waals surface area contributed by atoms with Crippen molar-refractivity contribution in [2.24, 2.45) is 11.3 Å². The number of ether oxygens (including phenoxy) is 1. The molecule has 4 fully saturated rings.